The number of anilines is 1. The summed E-state index contributed by atoms with van der Waals surface area (Å²) in [6.45, 7) is 1.90. The molecule has 5 nitrogen and oxygen atoms in total. The second-order valence-electron chi connectivity index (χ2n) is 3.97. The molecule has 0 radical (unpaired) electrons. The average Bonchev–Trinajstić information content (AvgIpc) is 2.27. The molecule has 2 rings (SSSR count). The van der Waals surface area contributed by atoms with Crippen LogP contribution in [0.5, 0.6) is 0 Å². The molecule has 1 heterocycles. The third kappa shape index (κ3) is 2.33. The zero-order valence-corrected chi connectivity index (χ0v) is 9.71. The Bertz CT molecular complexity index is 569. The summed E-state index contributed by atoms with van der Waals surface area (Å²) in [6, 6.07) is 5.84. The van der Waals surface area contributed by atoms with E-state index in [-0.39, 0.29) is 6.54 Å². The van der Waals surface area contributed by atoms with Crippen molar-refractivity contribution in [2.24, 2.45) is 0 Å². The Hall–Kier alpha value is -2.17. The first-order chi connectivity index (χ1) is 8.08. The minimum absolute atomic E-state index is 0.0833. The molecule has 5 heteroatoms. The Kier molecular flexibility index (Phi) is 2.91. The van der Waals surface area contributed by atoms with E-state index >= 15 is 0 Å². The van der Waals surface area contributed by atoms with Crippen LogP contribution in [-0.2, 0) is 4.79 Å². The average molecular weight is 231 g/mol. The highest BCUT2D eigenvalue weighted by Gasteiger charge is 2.11. The summed E-state index contributed by atoms with van der Waals surface area (Å²) in [6.07, 6.45) is 1.45. The molecule has 0 bridgehead atoms. The van der Waals surface area contributed by atoms with Gasteiger partial charge in [0, 0.05) is 12.4 Å². The number of likely N-dealkylation sites (N-methyl/N-ethyl adjacent to an activating group) is 1. The van der Waals surface area contributed by atoms with Crippen molar-refractivity contribution in [2.45, 2.75) is 6.92 Å². The van der Waals surface area contributed by atoms with Crippen LogP contribution in [0.1, 0.15) is 5.56 Å². The first kappa shape index (κ1) is 11.3. The smallest absolute Gasteiger partial charge is 0.323 e. The number of carboxylic acids is 1. The van der Waals surface area contributed by atoms with E-state index in [0.717, 1.165) is 16.5 Å². The Morgan fingerprint density at radius 1 is 1.41 bits per heavy atom. The van der Waals surface area contributed by atoms with E-state index in [1.54, 1.807) is 11.9 Å². The van der Waals surface area contributed by atoms with Crippen LogP contribution in [0.25, 0.3) is 10.9 Å². The van der Waals surface area contributed by atoms with Gasteiger partial charge >= 0.3 is 5.97 Å². The Labute approximate surface area is 98.7 Å². The van der Waals surface area contributed by atoms with Gasteiger partial charge in [0.05, 0.1) is 5.52 Å². The zero-order valence-electron chi connectivity index (χ0n) is 9.71. The van der Waals surface area contributed by atoms with Crippen molar-refractivity contribution in [2.75, 3.05) is 18.5 Å². The fraction of sp³-hybridized carbons (Fsp3) is 0.250. The molecule has 2 aromatic rings. The molecule has 0 aliphatic carbocycles. The highest BCUT2D eigenvalue weighted by atomic mass is 16.4. The van der Waals surface area contributed by atoms with E-state index < -0.39 is 5.97 Å². The summed E-state index contributed by atoms with van der Waals surface area (Å²) >= 11 is 0. The SMILES string of the molecule is Cc1ccc2ncnc(N(C)CC(=O)O)c2c1. The number of aromatic nitrogens is 2. The number of aryl methyl sites for hydroxylation is 1. The van der Waals surface area contributed by atoms with E-state index in [0.29, 0.717) is 5.82 Å². The van der Waals surface area contributed by atoms with Crippen molar-refractivity contribution in [3.63, 3.8) is 0 Å². The summed E-state index contributed by atoms with van der Waals surface area (Å²) in [5, 5.41) is 9.66. The van der Waals surface area contributed by atoms with E-state index in [2.05, 4.69) is 9.97 Å². The molecule has 0 unspecified atom stereocenters. The second-order valence-corrected chi connectivity index (χ2v) is 3.97. The molecule has 0 spiro atoms. The minimum Gasteiger partial charge on any atom is -0.480 e. The van der Waals surface area contributed by atoms with Gasteiger partial charge in [0.15, 0.2) is 0 Å². The van der Waals surface area contributed by atoms with E-state index in [1.165, 1.54) is 6.33 Å². The molecule has 0 fully saturated rings. The van der Waals surface area contributed by atoms with Gasteiger partial charge in [-0.3, -0.25) is 4.79 Å². The van der Waals surface area contributed by atoms with Gasteiger partial charge in [-0.25, -0.2) is 9.97 Å². The summed E-state index contributed by atoms with van der Waals surface area (Å²) in [5.74, 6) is -0.243. The van der Waals surface area contributed by atoms with Crippen molar-refractivity contribution in [3.05, 3.63) is 30.1 Å². The van der Waals surface area contributed by atoms with Crippen molar-refractivity contribution in [1.29, 1.82) is 0 Å². The fourth-order valence-electron chi connectivity index (χ4n) is 1.74. The normalized spacial score (nSPS) is 10.5. The van der Waals surface area contributed by atoms with E-state index in [1.807, 2.05) is 25.1 Å². The number of carbonyl (C=O) groups is 1. The van der Waals surface area contributed by atoms with Crippen molar-refractivity contribution in [1.82, 2.24) is 9.97 Å². The molecule has 17 heavy (non-hydrogen) atoms. The number of benzene rings is 1. The lowest BCUT2D eigenvalue weighted by atomic mass is 10.1. The van der Waals surface area contributed by atoms with Crippen LogP contribution in [0.15, 0.2) is 24.5 Å². The lowest BCUT2D eigenvalue weighted by Crippen LogP contribution is -2.26. The quantitative estimate of drug-likeness (QED) is 0.866. The lowest BCUT2D eigenvalue weighted by Gasteiger charge is -2.17. The molecule has 0 saturated carbocycles. The van der Waals surface area contributed by atoms with Crippen molar-refractivity contribution >= 4 is 22.7 Å². The van der Waals surface area contributed by atoms with Gasteiger partial charge in [-0.15, -0.1) is 0 Å². The molecule has 1 aromatic carbocycles. The number of hydrogen-bond acceptors (Lipinski definition) is 4. The van der Waals surface area contributed by atoms with Gasteiger partial charge in [-0.1, -0.05) is 11.6 Å². The number of aliphatic carboxylic acids is 1. The largest absolute Gasteiger partial charge is 0.480 e. The monoisotopic (exact) mass is 231 g/mol. The maximum Gasteiger partial charge on any atom is 0.323 e. The number of nitrogens with zero attached hydrogens (tertiary/aromatic N) is 3. The van der Waals surface area contributed by atoms with E-state index in [4.69, 9.17) is 5.11 Å². The van der Waals surface area contributed by atoms with Crippen LogP contribution >= 0.6 is 0 Å². The van der Waals surface area contributed by atoms with Crippen LogP contribution in [0.2, 0.25) is 0 Å². The standard InChI is InChI=1S/C12H13N3O2/c1-8-3-4-10-9(5-8)12(14-7-13-10)15(2)6-11(16)17/h3-5,7H,6H2,1-2H3,(H,16,17). The van der Waals surface area contributed by atoms with Crippen molar-refractivity contribution in [3.8, 4) is 0 Å². The highest BCUT2D eigenvalue weighted by molar-refractivity contribution is 5.90. The topological polar surface area (TPSA) is 66.3 Å². The number of fused-ring (bicyclic) bond motifs is 1. The predicted octanol–water partition coefficient (Wildman–Crippen LogP) is 1.46. The van der Waals surface area contributed by atoms with Gasteiger partial charge in [0.1, 0.15) is 18.7 Å². The summed E-state index contributed by atoms with van der Waals surface area (Å²) in [5.41, 5.74) is 1.91. The van der Waals surface area contributed by atoms with Crippen LogP contribution < -0.4 is 4.90 Å². The maximum atomic E-state index is 10.7. The Balaban J connectivity index is 2.52. The molecule has 0 aliphatic heterocycles. The van der Waals surface area contributed by atoms with Crippen LogP contribution in [0.3, 0.4) is 0 Å². The first-order valence-corrected chi connectivity index (χ1v) is 5.22. The van der Waals surface area contributed by atoms with Crippen LogP contribution in [0.4, 0.5) is 5.82 Å². The van der Waals surface area contributed by atoms with Gasteiger partial charge < -0.3 is 10.0 Å². The molecule has 1 N–H and O–H groups in total. The molecule has 0 amide bonds. The minimum atomic E-state index is -0.882. The Morgan fingerprint density at radius 3 is 2.88 bits per heavy atom. The van der Waals surface area contributed by atoms with Gasteiger partial charge in [-0.05, 0) is 19.1 Å². The molecular formula is C12H13N3O2. The summed E-state index contributed by atoms with van der Waals surface area (Å²) < 4.78 is 0. The van der Waals surface area contributed by atoms with Gasteiger partial charge in [0.2, 0.25) is 0 Å². The molecule has 1 aromatic heterocycles. The van der Waals surface area contributed by atoms with Gasteiger partial charge in [0.25, 0.3) is 0 Å². The number of hydrogen-bond donors (Lipinski definition) is 1. The summed E-state index contributed by atoms with van der Waals surface area (Å²) in [7, 11) is 1.71. The van der Waals surface area contributed by atoms with Crippen LogP contribution in [0, 0.1) is 6.92 Å². The lowest BCUT2D eigenvalue weighted by molar-refractivity contribution is -0.135. The zero-order chi connectivity index (χ0) is 12.4. The Morgan fingerprint density at radius 2 is 2.18 bits per heavy atom. The maximum absolute atomic E-state index is 10.7. The highest BCUT2D eigenvalue weighted by Crippen LogP contribution is 2.22. The third-order valence-corrected chi connectivity index (χ3v) is 2.50. The molecular weight excluding hydrogens is 218 g/mol. The van der Waals surface area contributed by atoms with Crippen LogP contribution in [-0.4, -0.2) is 34.6 Å². The third-order valence-electron chi connectivity index (χ3n) is 2.50. The number of rotatable bonds is 3. The second kappa shape index (κ2) is 4.37. The molecule has 0 saturated heterocycles. The fourth-order valence-corrected chi connectivity index (χ4v) is 1.74. The number of carboxylic acid groups (broad SMARTS) is 1. The first-order valence-electron chi connectivity index (χ1n) is 5.22. The molecule has 0 atom stereocenters. The van der Waals surface area contributed by atoms with E-state index in [9.17, 15) is 4.79 Å². The summed E-state index contributed by atoms with van der Waals surface area (Å²) in [4.78, 5) is 20.6. The van der Waals surface area contributed by atoms with Crippen molar-refractivity contribution < 1.29 is 9.90 Å². The van der Waals surface area contributed by atoms with Gasteiger partial charge in [-0.2, -0.15) is 0 Å². The predicted molar refractivity (Wildman–Crippen MR) is 65.2 cm³/mol. The molecule has 0 aliphatic rings. The molecule has 88 valence electrons.